The van der Waals surface area contributed by atoms with Crippen molar-refractivity contribution in [2.75, 3.05) is 19.6 Å². The van der Waals surface area contributed by atoms with E-state index < -0.39 is 0 Å². The van der Waals surface area contributed by atoms with E-state index >= 15 is 0 Å². The molecule has 0 spiro atoms. The minimum atomic E-state index is 0.301. The zero-order chi connectivity index (χ0) is 16.4. The van der Waals surface area contributed by atoms with Gasteiger partial charge in [-0.15, -0.1) is 0 Å². The van der Waals surface area contributed by atoms with Crippen molar-refractivity contribution in [3.63, 3.8) is 0 Å². The molecule has 2 atom stereocenters. The standard InChI is InChI=1S/C18H29N3O2/c1-4-20-11-5-7-16(20)17-8-6-12-21(17)18(22)10-9-15-13(2)19-23-14(15)3/h16-17H,4-12H2,1-3H3/t16-,17+/m1/s1. The largest absolute Gasteiger partial charge is 0.361 e. The van der Waals surface area contributed by atoms with Crippen LogP contribution in [-0.2, 0) is 11.2 Å². The Labute approximate surface area is 139 Å². The van der Waals surface area contributed by atoms with Crippen LogP contribution >= 0.6 is 0 Å². The van der Waals surface area contributed by atoms with Crippen molar-refractivity contribution in [2.45, 2.75) is 71.4 Å². The lowest BCUT2D eigenvalue weighted by molar-refractivity contribution is -0.133. The third-order valence-electron chi connectivity index (χ3n) is 5.65. The maximum absolute atomic E-state index is 12.8. The van der Waals surface area contributed by atoms with Gasteiger partial charge in [-0.1, -0.05) is 12.1 Å². The van der Waals surface area contributed by atoms with Gasteiger partial charge < -0.3 is 9.42 Å². The van der Waals surface area contributed by atoms with Gasteiger partial charge in [0.1, 0.15) is 5.76 Å². The molecule has 2 aliphatic heterocycles. The summed E-state index contributed by atoms with van der Waals surface area (Å²) in [5.41, 5.74) is 2.02. The SMILES string of the molecule is CCN1CCC[C@@H]1[C@@H]1CCCN1C(=O)CCc1c(C)noc1C. The first-order chi connectivity index (χ1) is 11.1. The molecule has 1 aromatic rings. The van der Waals surface area contributed by atoms with Crippen LogP contribution in [0.3, 0.4) is 0 Å². The Morgan fingerprint density at radius 3 is 2.65 bits per heavy atom. The molecule has 0 aliphatic carbocycles. The van der Waals surface area contributed by atoms with Gasteiger partial charge in [-0.05, 0) is 59.0 Å². The molecule has 5 heteroatoms. The molecule has 1 amide bonds. The van der Waals surface area contributed by atoms with Gasteiger partial charge >= 0.3 is 0 Å². The molecule has 0 bridgehead atoms. The topological polar surface area (TPSA) is 49.6 Å². The molecule has 0 N–H and O–H groups in total. The Hall–Kier alpha value is -1.36. The van der Waals surface area contributed by atoms with E-state index in [-0.39, 0.29) is 0 Å². The molecule has 3 rings (SSSR count). The number of rotatable bonds is 5. The van der Waals surface area contributed by atoms with Crippen molar-refractivity contribution in [3.8, 4) is 0 Å². The molecule has 128 valence electrons. The van der Waals surface area contributed by atoms with Crippen molar-refractivity contribution in [2.24, 2.45) is 0 Å². The van der Waals surface area contributed by atoms with E-state index in [1.807, 2.05) is 13.8 Å². The fraction of sp³-hybridized carbons (Fsp3) is 0.778. The third-order valence-corrected chi connectivity index (χ3v) is 5.65. The second-order valence-corrected chi connectivity index (χ2v) is 6.94. The van der Waals surface area contributed by atoms with E-state index in [0.29, 0.717) is 24.4 Å². The monoisotopic (exact) mass is 319 g/mol. The number of hydrogen-bond donors (Lipinski definition) is 0. The highest BCUT2D eigenvalue weighted by Crippen LogP contribution is 2.30. The molecular formula is C18H29N3O2. The number of likely N-dealkylation sites (N-methyl/N-ethyl adjacent to an activating group) is 1. The molecular weight excluding hydrogens is 290 g/mol. The average molecular weight is 319 g/mol. The Morgan fingerprint density at radius 2 is 1.96 bits per heavy atom. The smallest absolute Gasteiger partial charge is 0.223 e. The van der Waals surface area contributed by atoms with E-state index in [1.54, 1.807) is 0 Å². The van der Waals surface area contributed by atoms with Gasteiger partial charge in [0.25, 0.3) is 0 Å². The molecule has 0 saturated carbocycles. The Balaban J connectivity index is 1.62. The summed E-state index contributed by atoms with van der Waals surface area (Å²) in [5.74, 6) is 1.15. The number of likely N-dealkylation sites (tertiary alicyclic amines) is 2. The van der Waals surface area contributed by atoms with E-state index in [0.717, 1.165) is 49.4 Å². The number of aromatic nitrogens is 1. The van der Waals surface area contributed by atoms with Gasteiger partial charge in [0.15, 0.2) is 0 Å². The summed E-state index contributed by atoms with van der Waals surface area (Å²) in [6, 6.07) is 1.00. The summed E-state index contributed by atoms with van der Waals surface area (Å²) in [5, 5.41) is 3.98. The maximum atomic E-state index is 12.8. The lowest BCUT2D eigenvalue weighted by Crippen LogP contribution is -2.48. The van der Waals surface area contributed by atoms with Gasteiger partial charge in [-0.3, -0.25) is 9.69 Å². The fourth-order valence-electron chi connectivity index (χ4n) is 4.42. The summed E-state index contributed by atoms with van der Waals surface area (Å²) in [6.45, 7) is 9.33. The van der Waals surface area contributed by atoms with Gasteiger partial charge in [0.2, 0.25) is 5.91 Å². The molecule has 2 saturated heterocycles. The second-order valence-electron chi connectivity index (χ2n) is 6.94. The van der Waals surface area contributed by atoms with Crippen LogP contribution in [0, 0.1) is 13.8 Å². The number of hydrogen-bond acceptors (Lipinski definition) is 4. The minimum Gasteiger partial charge on any atom is -0.361 e. The van der Waals surface area contributed by atoms with Crippen molar-refractivity contribution >= 4 is 5.91 Å². The van der Waals surface area contributed by atoms with Crippen LogP contribution in [0.15, 0.2) is 4.52 Å². The molecule has 0 aromatic carbocycles. The molecule has 2 aliphatic rings. The predicted octanol–water partition coefficient (Wildman–Crippen LogP) is 2.70. The number of nitrogens with zero attached hydrogens (tertiary/aromatic N) is 3. The summed E-state index contributed by atoms with van der Waals surface area (Å²) in [4.78, 5) is 17.5. The van der Waals surface area contributed by atoms with Crippen LogP contribution in [0.5, 0.6) is 0 Å². The van der Waals surface area contributed by atoms with Crippen molar-refractivity contribution < 1.29 is 9.32 Å². The lowest BCUT2D eigenvalue weighted by Gasteiger charge is -2.34. The first-order valence-electron chi connectivity index (χ1n) is 9.07. The van der Waals surface area contributed by atoms with Gasteiger partial charge in [-0.25, -0.2) is 0 Å². The normalized spacial score (nSPS) is 25.4. The highest BCUT2D eigenvalue weighted by molar-refractivity contribution is 5.77. The summed E-state index contributed by atoms with van der Waals surface area (Å²) >= 11 is 0. The Kier molecular flexibility index (Phi) is 5.05. The first kappa shape index (κ1) is 16.5. The Morgan fingerprint density at radius 1 is 1.22 bits per heavy atom. The van der Waals surface area contributed by atoms with Crippen molar-refractivity contribution in [1.82, 2.24) is 15.0 Å². The van der Waals surface area contributed by atoms with Gasteiger partial charge in [-0.2, -0.15) is 0 Å². The zero-order valence-corrected chi connectivity index (χ0v) is 14.7. The van der Waals surface area contributed by atoms with Crippen molar-refractivity contribution in [1.29, 1.82) is 0 Å². The first-order valence-corrected chi connectivity index (χ1v) is 9.07. The average Bonchev–Trinajstić information content (AvgIpc) is 3.25. The van der Waals surface area contributed by atoms with Crippen LogP contribution < -0.4 is 0 Å². The molecule has 3 heterocycles. The third kappa shape index (κ3) is 3.30. The molecule has 0 unspecified atom stereocenters. The highest BCUT2D eigenvalue weighted by atomic mass is 16.5. The van der Waals surface area contributed by atoms with E-state index in [9.17, 15) is 4.79 Å². The highest BCUT2D eigenvalue weighted by Gasteiger charge is 2.38. The molecule has 1 aromatic heterocycles. The van der Waals surface area contributed by atoms with E-state index in [2.05, 4.69) is 21.9 Å². The van der Waals surface area contributed by atoms with Gasteiger partial charge in [0.05, 0.1) is 5.69 Å². The van der Waals surface area contributed by atoms with Crippen molar-refractivity contribution in [3.05, 3.63) is 17.0 Å². The predicted molar refractivity (Wildman–Crippen MR) is 89.3 cm³/mol. The second kappa shape index (κ2) is 7.04. The van der Waals surface area contributed by atoms with Crippen LogP contribution in [0.4, 0.5) is 0 Å². The fourth-order valence-corrected chi connectivity index (χ4v) is 4.42. The summed E-state index contributed by atoms with van der Waals surface area (Å²) < 4.78 is 5.20. The molecule has 2 fully saturated rings. The zero-order valence-electron chi connectivity index (χ0n) is 14.7. The van der Waals surface area contributed by atoms with Crippen LogP contribution in [0.2, 0.25) is 0 Å². The van der Waals surface area contributed by atoms with Crippen LogP contribution in [0.25, 0.3) is 0 Å². The van der Waals surface area contributed by atoms with Crippen LogP contribution in [-0.4, -0.2) is 52.6 Å². The lowest BCUT2D eigenvalue weighted by atomic mass is 10.0. The number of carbonyl (C=O) groups excluding carboxylic acids is 1. The summed E-state index contributed by atoms with van der Waals surface area (Å²) in [6.07, 6.45) is 6.14. The van der Waals surface area contributed by atoms with E-state index in [4.69, 9.17) is 4.52 Å². The van der Waals surface area contributed by atoms with Crippen LogP contribution in [0.1, 0.15) is 56.0 Å². The molecule has 23 heavy (non-hydrogen) atoms. The molecule has 5 nitrogen and oxygen atoms in total. The van der Waals surface area contributed by atoms with E-state index in [1.165, 1.54) is 19.4 Å². The summed E-state index contributed by atoms with van der Waals surface area (Å²) in [7, 11) is 0. The molecule has 0 radical (unpaired) electrons. The Bertz CT molecular complexity index is 535. The maximum Gasteiger partial charge on any atom is 0.223 e. The minimum absolute atomic E-state index is 0.301. The number of carbonyl (C=O) groups is 1. The van der Waals surface area contributed by atoms with Gasteiger partial charge in [0, 0.05) is 30.6 Å². The number of amides is 1. The quantitative estimate of drug-likeness (QED) is 0.837. The number of aryl methyl sites for hydroxylation is 2.